The average molecular weight is 1070 g/mol. The summed E-state index contributed by atoms with van der Waals surface area (Å²) < 4.78 is 54.5. The Balaban J connectivity index is 1.26. The van der Waals surface area contributed by atoms with Gasteiger partial charge in [-0.3, -0.25) is 9.59 Å². The Labute approximate surface area is 448 Å². The highest BCUT2D eigenvalue weighted by molar-refractivity contribution is 5.73. The van der Waals surface area contributed by atoms with E-state index in [1.807, 2.05) is 68.9 Å². The number of H-pyrrole nitrogens is 1. The predicted molar refractivity (Wildman–Crippen MR) is 283 cm³/mol. The molecule has 19 nitrogen and oxygen atoms in total. The fraction of sp³-hybridized carbons (Fsp3) is 0.750. The monoisotopic (exact) mass is 1070 g/mol. The van der Waals surface area contributed by atoms with Crippen molar-refractivity contribution in [2.45, 2.75) is 197 Å². The van der Waals surface area contributed by atoms with Gasteiger partial charge in [-0.05, 0) is 109 Å². The van der Waals surface area contributed by atoms with Crippen LogP contribution < -0.4 is 5.56 Å². The predicted octanol–water partition coefficient (Wildman–Crippen LogP) is 4.63. The van der Waals surface area contributed by atoms with Crippen LogP contribution in [0.2, 0.25) is 0 Å². The number of methoxy groups -OCH3 is 2. The molecule has 0 bridgehead atoms. The summed E-state index contributed by atoms with van der Waals surface area (Å²) in [5, 5.41) is 69.0. The first-order chi connectivity index (χ1) is 35.7. The van der Waals surface area contributed by atoms with Gasteiger partial charge in [-0.15, -0.1) is 5.10 Å². The first-order valence-corrected chi connectivity index (χ1v) is 27.1. The van der Waals surface area contributed by atoms with E-state index in [2.05, 4.69) is 15.3 Å². The highest BCUT2D eigenvalue weighted by Crippen LogP contribution is 2.45. The Morgan fingerprint density at radius 2 is 1.62 bits per heavy atom. The van der Waals surface area contributed by atoms with Crippen molar-refractivity contribution in [3.05, 3.63) is 70.4 Å². The third-order valence-corrected chi connectivity index (χ3v) is 17.2. The lowest BCUT2D eigenvalue weighted by Crippen LogP contribution is -2.62. The van der Waals surface area contributed by atoms with Gasteiger partial charge in [-0.1, -0.05) is 57.2 Å². The first-order valence-electron chi connectivity index (χ1n) is 27.1. The summed E-state index contributed by atoms with van der Waals surface area (Å²) in [6.07, 6.45) is -4.78. The highest BCUT2D eigenvalue weighted by Gasteiger charge is 2.55. The molecule has 0 aliphatic carbocycles. The van der Waals surface area contributed by atoms with Gasteiger partial charge in [0.15, 0.2) is 6.29 Å². The number of carbonyl (C=O) groups is 1. The zero-order chi connectivity index (χ0) is 56.2. The van der Waals surface area contributed by atoms with Crippen LogP contribution in [0.4, 0.5) is 4.39 Å². The van der Waals surface area contributed by atoms with Crippen LogP contribution in [-0.2, 0) is 39.6 Å². The van der Waals surface area contributed by atoms with Crippen LogP contribution in [0.1, 0.15) is 118 Å². The number of alkyl halides is 1. The maximum absolute atomic E-state index is 14.9. The minimum atomic E-state index is -1.84. The number of aliphatic hydroxyl groups is 5. The summed E-state index contributed by atoms with van der Waals surface area (Å²) in [5.74, 6) is -3.29. The van der Waals surface area contributed by atoms with Crippen molar-refractivity contribution in [2.75, 3.05) is 48.1 Å². The number of nitrogens with one attached hydrogen (secondary N) is 1. The Bertz CT molecular complexity index is 2350. The number of benzene rings is 1. The summed E-state index contributed by atoms with van der Waals surface area (Å²) in [6, 6.07) is 8.78. The zero-order valence-corrected chi connectivity index (χ0v) is 47.2. The minimum Gasteiger partial charge on any atom is -0.459 e. The molecular weight excluding hydrogens is 984 g/mol. The molecule has 1 aromatic carbocycles. The lowest BCUT2D eigenvalue weighted by Gasteiger charge is -2.51. The van der Waals surface area contributed by atoms with Gasteiger partial charge in [-0.25, -0.2) is 9.07 Å². The second kappa shape index (κ2) is 25.6. The number of hydrogen-bond acceptors (Lipinski definition) is 17. The third-order valence-electron chi connectivity index (χ3n) is 17.2. The van der Waals surface area contributed by atoms with Gasteiger partial charge in [0.1, 0.15) is 48.8 Å². The van der Waals surface area contributed by atoms with E-state index in [1.165, 1.54) is 31.9 Å². The van der Waals surface area contributed by atoms with Gasteiger partial charge in [-0.2, -0.15) is 0 Å². The van der Waals surface area contributed by atoms with Gasteiger partial charge in [0.05, 0.1) is 47.2 Å². The molecule has 20 atom stereocenters. The molecule has 76 heavy (non-hydrogen) atoms. The van der Waals surface area contributed by atoms with Crippen LogP contribution in [0.15, 0.2) is 53.6 Å². The largest absolute Gasteiger partial charge is 0.459 e. The molecule has 0 saturated carbocycles. The molecular formula is C56H89FN6O13. The van der Waals surface area contributed by atoms with E-state index in [0.29, 0.717) is 31.6 Å². The number of rotatable bonds is 15. The van der Waals surface area contributed by atoms with E-state index < -0.39 is 127 Å². The second-order valence-corrected chi connectivity index (χ2v) is 23.1. The van der Waals surface area contributed by atoms with E-state index in [9.17, 15) is 39.5 Å². The Hall–Kier alpha value is -3.77. The second-order valence-electron chi connectivity index (χ2n) is 23.1. The standard InChI is InChI=1S/C56H89FN6O13/c1-15-44-56(10,70)49(66)35(6)62(12)29-31(2)25-54(8,69)51(33(4)46(34(5)52(68)75-44)43-26-55(9,72-14)50(67)36(7)74-43)76-53-47(65)41(24-32(3)73-53)61(11)23-22-40-30-63(60-59-40)42(27-57)48(71-13)38-18-16-37(17-19-38)39-20-21-45(64)58-28-39/h16-21,28,30-36,41-44,46-51,53,65-67,69-70H,15,22-27,29H2,1-14H3,(H,58,64)/t31-,32-,33+,34-,35-,36+,41+,42-,43?,44-,46+,47-,48-,49-,50+,51-,53+,54-,55-,56-/m1/s1. The highest BCUT2D eigenvalue weighted by atomic mass is 19.1. The number of aliphatic hydroxyl groups excluding tert-OH is 3. The van der Waals surface area contributed by atoms with Crippen LogP contribution >= 0.6 is 0 Å². The molecule has 3 aliphatic heterocycles. The van der Waals surface area contributed by atoms with Gasteiger partial charge >= 0.3 is 5.97 Å². The van der Waals surface area contributed by atoms with Gasteiger partial charge in [0.2, 0.25) is 5.56 Å². The van der Waals surface area contributed by atoms with Crippen molar-refractivity contribution in [3.8, 4) is 11.1 Å². The van der Waals surface area contributed by atoms with Crippen LogP contribution in [0, 0.1) is 23.7 Å². The minimum absolute atomic E-state index is 0.166. The third kappa shape index (κ3) is 13.6. The number of esters is 1. The quantitative estimate of drug-likeness (QED) is 0.114. The molecule has 3 fully saturated rings. The maximum atomic E-state index is 14.9. The summed E-state index contributed by atoms with van der Waals surface area (Å²) >= 11 is 0. The fourth-order valence-electron chi connectivity index (χ4n) is 12.5. The number of nitrogens with zero attached hydrogens (tertiary/aromatic N) is 5. The topological polar surface area (TPSA) is 244 Å². The number of pyridine rings is 1. The molecule has 428 valence electrons. The first kappa shape index (κ1) is 61.4. The molecule has 3 aromatic rings. The van der Waals surface area contributed by atoms with Crippen molar-refractivity contribution in [3.63, 3.8) is 0 Å². The van der Waals surface area contributed by atoms with E-state index in [4.69, 9.17) is 28.4 Å². The lowest BCUT2D eigenvalue weighted by atomic mass is 9.68. The van der Waals surface area contributed by atoms with E-state index in [-0.39, 0.29) is 30.7 Å². The molecule has 20 heteroatoms. The smallest absolute Gasteiger partial charge is 0.309 e. The number of hydrogen-bond donors (Lipinski definition) is 6. The molecule has 0 spiro atoms. The number of ether oxygens (including phenoxy) is 6. The molecule has 2 aromatic heterocycles. The van der Waals surface area contributed by atoms with Crippen LogP contribution in [0.5, 0.6) is 0 Å². The molecule has 6 rings (SSSR count). The van der Waals surface area contributed by atoms with E-state index >= 15 is 0 Å². The Kier molecular flexibility index (Phi) is 20.7. The summed E-state index contributed by atoms with van der Waals surface area (Å²) in [6.45, 7) is 17.8. The van der Waals surface area contributed by atoms with Crippen molar-refractivity contribution in [2.24, 2.45) is 23.7 Å². The lowest BCUT2D eigenvalue weighted by molar-refractivity contribution is -0.302. The van der Waals surface area contributed by atoms with E-state index in [0.717, 1.165) is 16.7 Å². The molecule has 5 heterocycles. The van der Waals surface area contributed by atoms with Crippen LogP contribution in [0.25, 0.3) is 11.1 Å². The average Bonchev–Trinajstić information content (AvgIpc) is 3.85. The van der Waals surface area contributed by atoms with Gasteiger partial charge in [0, 0.05) is 76.6 Å². The number of aromatic nitrogens is 4. The molecule has 0 radical (unpaired) electrons. The van der Waals surface area contributed by atoms with Crippen molar-refractivity contribution in [1.82, 2.24) is 29.8 Å². The molecule has 6 N–H and O–H groups in total. The normalized spacial score (nSPS) is 38.5. The number of halogens is 1. The maximum Gasteiger partial charge on any atom is 0.309 e. The zero-order valence-electron chi connectivity index (χ0n) is 47.2. The number of aromatic amines is 1. The number of cyclic esters (lactones) is 1. The Morgan fingerprint density at radius 3 is 2.22 bits per heavy atom. The van der Waals surface area contributed by atoms with Crippen molar-refractivity contribution in [1.29, 1.82) is 0 Å². The van der Waals surface area contributed by atoms with Crippen molar-refractivity contribution < 1.29 is 63.1 Å². The Morgan fingerprint density at radius 1 is 0.947 bits per heavy atom. The molecule has 1 unspecified atom stereocenters. The molecule has 3 saturated heterocycles. The van der Waals surface area contributed by atoms with Gasteiger partial charge in [0.25, 0.3) is 0 Å². The van der Waals surface area contributed by atoms with Crippen molar-refractivity contribution >= 4 is 5.97 Å². The van der Waals surface area contributed by atoms with Crippen LogP contribution in [0.3, 0.4) is 0 Å². The van der Waals surface area contributed by atoms with E-state index in [1.54, 1.807) is 60.0 Å². The summed E-state index contributed by atoms with van der Waals surface area (Å²) in [5.41, 5.74) is -1.71. The SMILES string of the molecule is CC[C@H]1OC(=O)[C@H](C)[C@@H](C2C[C@@](C)(OC)[C@@H](O)[C@H](C)O2)[C@H](C)[C@@H](O[C@@H]2O[C@H](C)C[C@H](N(C)CCc3cn([C@H](CF)[C@H](OC)c4ccc(-c5ccc(=O)[nH]c5)cc4)nn3)[C@H]2O)[C@](C)(O)C[C@@H](C)CN(C)[C@H](C)[C@@H](O)[C@]1(C)O. The van der Waals surface area contributed by atoms with Gasteiger partial charge < -0.3 is 68.7 Å². The summed E-state index contributed by atoms with van der Waals surface area (Å²) in [4.78, 5) is 32.8. The molecule has 0 amide bonds. The van der Waals surface area contributed by atoms with Crippen LogP contribution in [-0.4, -0.2) is 193 Å². The molecule has 3 aliphatic rings. The number of likely N-dealkylation sites (N-methyl/N-ethyl adjacent to an activating group) is 2. The summed E-state index contributed by atoms with van der Waals surface area (Å²) in [7, 11) is 6.76. The number of carbonyl (C=O) groups excluding carboxylic acids is 1. The fourth-order valence-corrected chi connectivity index (χ4v) is 12.5.